The van der Waals surface area contributed by atoms with E-state index in [0.29, 0.717) is 17.3 Å². The van der Waals surface area contributed by atoms with Gasteiger partial charge < -0.3 is 15.6 Å². The van der Waals surface area contributed by atoms with Gasteiger partial charge in [0.15, 0.2) is 0 Å². The Kier molecular flexibility index (Phi) is 4.03. The van der Waals surface area contributed by atoms with E-state index in [1.54, 1.807) is 13.2 Å². The van der Waals surface area contributed by atoms with Gasteiger partial charge in [0, 0.05) is 23.6 Å². The Hall–Kier alpha value is -0.930. The van der Waals surface area contributed by atoms with E-state index < -0.39 is 0 Å². The van der Waals surface area contributed by atoms with Crippen LogP contribution in [0.3, 0.4) is 0 Å². The van der Waals surface area contributed by atoms with E-state index in [4.69, 9.17) is 22.1 Å². The van der Waals surface area contributed by atoms with Crippen LogP contribution in [-0.4, -0.2) is 18.8 Å². The largest absolute Gasteiger partial charge is 0.506 e. The van der Waals surface area contributed by atoms with E-state index in [0.717, 1.165) is 31.2 Å². The molecule has 0 saturated heterocycles. The molecule has 0 aromatic heterocycles. The summed E-state index contributed by atoms with van der Waals surface area (Å²) in [7, 11) is 1.60. The van der Waals surface area contributed by atoms with E-state index in [9.17, 15) is 5.11 Å². The van der Waals surface area contributed by atoms with Crippen molar-refractivity contribution in [1.82, 2.24) is 0 Å². The molecule has 0 radical (unpaired) electrons. The fraction of sp³-hybridized carbons (Fsp3) is 0.571. The van der Waals surface area contributed by atoms with Gasteiger partial charge >= 0.3 is 0 Å². The lowest BCUT2D eigenvalue weighted by atomic mass is 9.69. The standard InChI is InChI=1S/C14H20ClNO2/c1-18-10-7-11(13(17)12(15)8-10)14(9-16)5-3-2-4-6-14/h7-8,17H,2-6,9,16H2,1H3. The van der Waals surface area contributed by atoms with Crippen molar-refractivity contribution in [3.8, 4) is 11.5 Å². The quantitative estimate of drug-likeness (QED) is 0.886. The van der Waals surface area contributed by atoms with Gasteiger partial charge in [0.2, 0.25) is 0 Å². The van der Waals surface area contributed by atoms with Crippen molar-refractivity contribution in [2.24, 2.45) is 5.73 Å². The van der Waals surface area contributed by atoms with Crippen LogP contribution in [0.15, 0.2) is 12.1 Å². The van der Waals surface area contributed by atoms with Gasteiger partial charge in [-0.1, -0.05) is 30.9 Å². The third-order valence-corrected chi connectivity index (χ3v) is 4.33. The Morgan fingerprint density at radius 2 is 2.00 bits per heavy atom. The van der Waals surface area contributed by atoms with Crippen molar-refractivity contribution in [3.05, 3.63) is 22.7 Å². The van der Waals surface area contributed by atoms with Crippen LogP contribution in [0.5, 0.6) is 11.5 Å². The fourth-order valence-corrected chi connectivity index (χ4v) is 3.12. The first-order valence-electron chi connectivity index (χ1n) is 6.40. The minimum Gasteiger partial charge on any atom is -0.506 e. The molecule has 3 N–H and O–H groups in total. The monoisotopic (exact) mass is 269 g/mol. The zero-order valence-electron chi connectivity index (χ0n) is 10.7. The minimum absolute atomic E-state index is 0.152. The summed E-state index contributed by atoms with van der Waals surface area (Å²) in [4.78, 5) is 0. The molecule has 0 unspecified atom stereocenters. The molecule has 1 aliphatic carbocycles. The second-order valence-corrected chi connectivity index (χ2v) is 5.46. The van der Waals surface area contributed by atoms with E-state index in [2.05, 4.69) is 0 Å². The summed E-state index contributed by atoms with van der Waals surface area (Å²) in [5.74, 6) is 0.830. The molecule has 0 atom stereocenters. The van der Waals surface area contributed by atoms with Crippen molar-refractivity contribution in [3.63, 3.8) is 0 Å². The van der Waals surface area contributed by atoms with Gasteiger partial charge in [-0.05, 0) is 18.9 Å². The number of hydrogen-bond acceptors (Lipinski definition) is 3. The molecule has 0 aliphatic heterocycles. The maximum atomic E-state index is 10.2. The normalized spacial score (nSPS) is 18.6. The van der Waals surface area contributed by atoms with E-state index in [1.807, 2.05) is 6.07 Å². The number of aromatic hydroxyl groups is 1. The van der Waals surface area contributed by atoms with Gasteiger partial charge in [0.1, 0.15) is 11.5 Å². The summed E-state index contributed by atoms with van der Waals surface area (Å²) >= 11 is 6.07. The maximum absolute atomic E-state index is 10.2. The molecule has 1 aromatic carbocycles. The SMILES string of the molecule is COc1cc(Cl)c(O)c(C2(CN)CCCCC2)c1. The van der Waals surface area contributed by atoms with Crippen LogP contribution in [0, 0.1) is 0 Å². The van der Waals surface area contributed by atoms with Gasteiger partial charge in [-0.2, -0.15) is 0 Å². The molecule has 1 aromatic rings. The first-order valence-corrected chi connectivity index (χ1v) is 6.78. The van der Waals surface area contributed by atoms with Crippen molar-refractivity contribution < 1.29 is 9.84 Å². The summed E-state index contributed by atoms with van der Waals surface area (Å²) in [5.41, 5.74) is 6.68. The maximum Gasteiger partial charge on any atom is 0.138 e. The van der Waals surface area contributed by atoms with Gasteiger partial charge in [-0.3, -0.25) is 0 Å². The second-order valence-electron chi connectivity index (χ2n) is 5.05. The lowest BCUT2D eigenvalue weighted by molar-refractivity contribution is 0.289. The minimum atomic E-state index is -0.152. The van der Waals surface area contributed by atoms with Crippen LogP contribution < -0.4 is 10.5 Å². The van der Waals surface area contributed by atoms with Crippen LogP contribution in [0.4, 0.5) is 0 Å². The summed E-state index contributed by atoms with van der Waals surface area (Å²) in [6.45, 7) is 0.532. The van der Waals surface area contributed by atoms with Crippen LogP contribution >= 0.6 is 11.6 Å². The van der Waals surface area contributed by atoms with Crippen molar-refractivity contribution in [2.45, 2.75) is 37.5 Å². The number of rotatable bonds is 3. The predicted molar refractivity (Wildman–Crippen MR) is 73.5 cm³/mol. The Morgan fingerprint density at radius 1 is 1.33 bits per heavy atom. The lowest BCUT2D eigenvalue weighted by Crippen LogP contribution is -2.37. The number of benzene rings is 1. The predicted octanol–water partition coefficient (Wildman–Crippen LogP) is 3.21. The molecule has 1 aliphatic rings. The highest BCUT2D eigenvalue weighted by atomic mass is 35.5. The zero-order valence-corrected chi connectivity index (χ0v) is 11.5. The zero-order chi connectivity index (χ0) is 13.2. The molecule has 1 saturated carbocycles. The third kappa shape index (κ3) is 2.29. The Labute approximate surface area is 113 Å². The molecule has 4 heteroatoms. The van der Waals surface area contributed by atoms with Gasteiger partial charge in [-0.15, -0.1) is 0 Å². The molecule has 0 heterocycles. The first kappa shape index (κ1) is 13.5. The smallest absolute Gasteiger partial charge is 0.138 e. The Balaban J connectivity index is 2.50. The molecular weight excluding hydrogens is 250 g/mol. The molecule has 2 rings (SSSR count). The molecule has 18 heavy (non-hydrogen) atoms. The number of ether oxygens (including phenoxy) is 1. The van der Waals surface area contributed by atoms with Gasteiger partial charge in [0.05, 0.1) is 12.1 Å². The lowest BCUT2D eigenvalue weighted by Gasteiger charge is -2.37. The van der Waals surface area contributed by atoms with Crippen LogP contribution in [0.25, 0.3) is 0 Å². The molecular formula is C14H20ClNO2. The number of phenolic OH excluding ortho intramolecular Hbond substituents is 1. The summed E-state index contributed by atoms with van der Waals surface area (Å²) in [5, 5.41) is 10.6. The number of halogens is 1. The van der Waals surface area contributed by atoms with E-state index in [1.165, 1.54) is 6.42 Å². The van der Waals surface area contributed by atoms with Gasteiger partial charge in [0.25, 0.3) is 0 Å². The molecule has 0 bridgehead atoms. The first-order chi connectivity index (χ1) is 8.63. The Morgan fingerprint density at radius 3 is 2.56 bits per heavy atom. The summed E-state index contributed by atoms with van der Waals surface area (Å²) in [6, 6.07) is 3.51. The summed E-state index contributed by atoms with van der Waals surface area (Å²) < 4.78 is 5.23. The highest BCUT2D eigenvalue weighted by molar-refractivity contribution is 6.32. The Bertz CT molecular complexity index is 428. The molecule has 3 nitrogen and oxygen atoms in total. The average molecular weight is 270 g/mol. The van der Waals surface area contributed by atoms with Crippen molar-refractivity contribution >= 4 is 11.6 Å². The molecule has 100 valence electrons. The number of hydrogen-bond donors (Lipinski definition) is 2. The summed E-state index contributed by atoms with van der Waals surface area (Å²) in [6.07, 6.45) is 5.53. The van der Waals surface area contributed by atoms with Crippen LogP contribution in [-0.2, 0) is 5.41 Å². The number of methoxy groups -OCH3 is 1. The number of nitrogens with two attached hydrogens (primary N) is 1. The van der Waals surface area contributed by atoms with Crippen LogP contribution in [0.1, 0.15) is 37.7 Å². The highest BCUT2D eigenvalue weighted by Crippen LogP contribution is 2.46. The second kappa shape index (κ2) is 5.37. The molecule has 0 spiro atoms. The topological polar surface area (TPSA) is 55.5 Å². The fourth-order valence-electron chi connectivity index (χ4n) is 2.91. The van der Waals surface area contributed by atoms with Crippen LogP contribution in [0.2, 0.25) is 5.02 Å². The van der Waals surface area contributed by atoms with Crippen molar-refractivity contribution in [1.29, 1.82) is 0 Å². The van der Waals surface area contributed by atoms with E-state index in [-0.39, 0.29) is 11.2 Å². The van der Waals surface area contributed by atoms with Crippen molar-refractivity contribution in [2.75, 3.05) is 13.7 Å². The molecule has 1 fully saturated rings. The van der Waals surface area contributed by atoms with E-state index >= 15 is 0 Å². The third-order valence-electron chi connectivity index (χ3n) is 4.05. The highest BCUT2D eigenvalue weighted by Gasteiger charge is 2.35. The average Bonchev–Trinajstić information content (AvgIpc) is 2.42. The molecule has 0 amide bonds. The number of phenols is 1. The van der Waals surface area contributed by atoms with Gasteiger partial charge in [-0.25, -0.2) is 0 Å².